The molecule has 0 heterocycles. The molecule has 0 aromatic rings. The van der Waals surface area contributed by atoms with E-state index in [4.69, 9.17) is 0 Å². The number of nitrogens with one attached hydrogen (secondary N) is 1. The van der Waals surface area contributed by atoms with Gasteiger partial charge in [-0.15, -0.1) is 0 Å². The highest BCUT2D eigenvalue weighted by molar-refractivity contribution is 5.81. The topological polar surface area (TPSA) is 29.1 Å². The van der Waals surface area contributed by atoms with E-state index in [0.29, 0.717) is 11.8 Å². The van der Waals surface area contributed by atoms with Gasteiger partial charge in [0, 0.05) is 24.4 Å². The monoisotopic (exact) mass is 155 g/mol. The third kappa shape index (κ3) is 3.02. The van der Waals surface area contributed by atoms with E-state index in [1.54, 1.807) is 0 Å². The highest BCUT2D eigenvalue weighted by Crippen LogP contribution is 2.17. The van der Waals surface area contributed by atoms with Gasteiger partial charge in [-0.1, -0.05) is 0 Å². The number of Topliss-reactive ketones (excluding diaryl/α,β-unsaturated/α-hetero) is 1. The Morgan fingerprint density at radius 3 is 2.45 bits per heavy atom. The van der Waals surface area contributed by atoms with Gasteiger partial charge in [0.25, 0.3) is 0 Å². The second-order valence-electron chi connectivity index (χ2n) is 4.37. The van der Waals surface area contributed by atoms with Gasteiger partial charge in [0.1, 0.15) is 5.78 Å². The Balaban J connectivity index is 2.34. The minimum absolute atomic E-state index is 0.148. The predicted molar refractivity (Wildman–Crippen MR) is 45.5 cm³/mol. The molecule has 0 saturated heterocycles. The Hall–Kier alpha value is -0.370. The maximum Gasteiger partial charge on any atom is 0.134 e. The van der Waals surface area contributed by atoms with Crippen LogP contribution in [0, 0.1) is 0 Å². The Labute approximate surface area is 68.4 Å². The van der Waals surface area contributed by atoms with E-state index in [1.807, 2.05) is 0 Å². The van der Waals surface area contributed by atoms with E-state index < -0.39 is 0 Å². The Bertz CT molecular complexity index is 157. The molecule has 64 valence electrons. The molecule has 0 spiro atoms. The van der Waals surface area contributed by atoms with Gasteiger partial charge in [-0.2, -0.15) is 0 Å². The SMILES string of the molecule is CC(C)(C)NC1CCC(=O)C1. The lowest BCUT2D eigenvalue weighted by atomic mass is 10.1. The number of ketones is 1. The second kappa shape index (κ2) is 2.94. The standard InChI is InChI=1S/C9H17NO/c1-9(2,3)10-7-4-5-8(11)6-7/h7,10H,4-6H2,1-3H3. The van der Waals surface area contributed by atoms with Crippen molar-refractivity contribution in [2.45, 2.75) is 51.6 Å². The molecule has 0 amide bonds. The summed E-state index contributed by atoms with van der Waals surface area (Å²) in [5.41, 5.74) is 0.148. The van der Waals surface area contributed by atoms with Crippen molar-refractivity contribution in [3.05, 3.63) is 0 Å². The Morgan fingerprint density at radius 2 is 2.09 bits per heavy atom. The van der Waals surface area contributed by atoms with Crippen LogP contribution in [0.4, 0.5) is 0 Å². The zero-order chi connectivity index (χ0) is 8.48. The maximum absolute atomic E-state index is 10.9. The molecule has 1 N–H and O–H groups in total. The molecule has 1 saturated carbocycles. The van der Waals surface area contributed by atoms with Crippen molar-refractivity contribution >= 4 is 5.78 Å². The third-order valence-corrected chi connectivity index (χ3v) is 1.88. The van der Waals surface area contributed by atoms with Crippen LogP contribution in [0.3, 0.4) is 0 Å². The van der Waals surface area contributed by atoms with E-state index in [1.165, 1.54) is 0 Å². The molecule has 0 radical (unpaired) electrons. The minimum atomic E-state index is 0.148. The van der Waals surface area contributed by atoms with Crippen molar-refractivity contribution in [3.8, 4) is 0 Å². The first-order valence-corrected chi connectivity index (χ1v) is 4.27. The lowest BCUT2D eigenvalue weighted by Crippen LogP contribution is -2.42. The first-order chi connectivity index (χ1) is 4.97. The first kappa shape index (κ1) is 8.72. The molecule has 0 aliphatic heterocycles. The predicted octanol–water partition coefficient (Wildman–Crippen LogP) is 1.50. The van der Waals surface area contributed by atoms with Crippen LogP contribution in [0.1, 0.15) is 40.0 Å². The summed E-state index contributed by atoms with van der Waals surface area (Å²) in [6.07, 6.45) is 2.53. The van der Waals surface area contributed by atoms with Crippen molar-refractivity contribution < 1.29 is 4.79 Å². The van der Waals surface area contributed by atoms with Crippen LogP contribution in [0.25, 0.3) is 0 Å². The first-order valence-electron chi connectivity index (χ1n) is 4.27. The van der Waals surface area contributed by atoms with Crippen LogP contribution in [-0.2, 0) is 4.79 Å². The third-order valence-electron chi connectivity index (χ3n) is 1.88. The normalized spacial score (nSPS) is 26.1. The second-order valence-corrected chi connectivity index (χ2v) is 4.37. The van der Waals surface area contributed by atoms with Gasteiger partial charge >= 0.3 is 0 Å². The summed E-state index contributed by atoms with van der Waals surface area (Å²) in [5.74, 6) is 0.409. The molecule has 0 aromatic carbocycles. The summed E-state index contributed by atoms with van der Waals surface area (Å²) in [7, 11) is 0. The quantitative estimate of drug-likeness (QED) is 0.621. The summed E-state index contributed by atoms with van der Waals surface area (Å²) < 4.78 is 0. The summed E-state index contributed by atoms with van der Waals surface area (Å²) in [6, 6.07) is 0.433. The van der Waals surface area contributed by atoms with Crippen LogP contribution in [0.2, 0.25) is 0 Å². The lowest BCUT2D eigenvalue weighted by molar-refractivity contribution is -0.117. The van der Waals surface area contributed by atoms with Crippen LogP contribution >= 0.6 is 0 Å². The van der Waals surface area contributed by atoms with Crippen LogP contribution < -0.4 is 5.32 Å². The number of carbonyl (C=O) groups is 1. The molecule has 0 bridgehead atoms. The van der Waals surface area contributed by atoms with E-state index in [2.05, 4.69) is 26.1 Å². The fourth-order valence-electron chi connectivity index (χ4n) is 1.55. The molecule has 1 aliphatic rings. The number of hydrogen-bond acceptors (Lipinski definition) is 2. The highest BCUT2D eigenvalue weighted by atomic mass is 16.1. The smallest absolute Gasteiger partial charge is 0.134 e. The minimum Gasteiger partial charge on any atom is -0.309 e. The molecule has 1 fully saturated rings. The van der Waals surface area contributed by atoms with E-state index in [-0.39, 0.29) is 5.54 Å². The van der Waals surface area contributed by atoms with Gasteiger partial charge in [0.15, 0.2) is 0 Å². The zero-order valence-electron chi connectivity index (χ0n) is 7.61. The summed E-state index contributed by atoms with van der Waals surface area (Å²) in [5, 5.41) is 3.43. The van der Waals surface area contributed by atoms with Gasteiger partial charge in [-0.25, -0.2) is 0 Å². The summed E-state index contributed by atoms with van der Waals surface area (Å²) >= 11 is 0. The maximum atomic E-state index is 10.9. The lowest BCUT2D eigenvalue weighted by Gasteiger charge is -2.25. The van der Waals surface area contributed by atoms with Gasteiger partial charge in [0.05, 0.1) is 0 Å². The van der Waals surface area contributed by atoms with Crippen molar-refractivity contribution in [2.75, 3.05) is 0 Å². The molecular weight excluding hydrogens is 138 g/mol. The van der Waals surface area contributed by atoms with Gasteiger partial charge in [0.2, 0.25) is 0 Å². The van der Waals surface area contributed by atoms with Crippen molar-refractivity contribution in [2.24, 2.45) is 0 Å². The summed E-state index contributed by atoms with van der Waals surface area (Å²) in [6.45, 7) is 6.40. The number of hydrogen-bond donors (Lipinski definition) is 1. The van der Waals surface area contributed by atoms with Crippen molar-refractivity contribution in [1.29, 1.82) is 0 Å². The van der Waals surface area contributed by atoms with Gasteiger partial charge in [-0.3, -0.25) is 4.79 Å². The number of carbonyl (C=O) groups excluding carboxylic acids is 1. The molecule has 11 heavy (non-hydrogen) atoms. The molecule has 1 atom stereocenters. The highest BCUT2D eigenvalue weighted by Gasteiger charge is 2.25. The molecule has 1 aliphatic carbocycles. The molecular formula is C9H17NO. The largest absolute Gasteiger partial charge is 0.309 e. The molecule has 2 nitrogen and oxygen atoms in total. The molecule has 1 unspecified atom stereocenters. The van der Waals surface area contributed by atoms with Crippen molar-refractivity contribution in [1.82, 2.24) is 5.32 Å². The molecule has 1 rings (SSSR count). The van der Waals surface area contributed by atoms with Crippen LogP contribution in [0.5, 0.6) is 0 Å². The fraction of sp³-hybridized carbons (Fsp3) is 0.889. The number of rotatable bonds is 1. The Morgan fingerprint density at radius 1 is 1.45 bits per heavy atom. The zero-order valence-corrected chi connectivity index (χ0v) is 7.61. The fourth-order valence-corrected chi connectivity index (χ4v) is 1.55. The van der Waals surface area contributed by atoms with Gasteiger partial charge < -0.3 is 5.32 Å². The average molecular weight is 155 g/mol. The van der Waals surface area contributed by atoms with E-state index in [0.717, 1.165) is 19.3 Å². The van der Waals surface area contributed by atoms with Crippen LogP contribution in [-0.4, -0.2) is 17.4 Å². The summed E-state index contributed by atoms with van der Waals surface area (Å²) in [4.78, 5) is 10.9. The van der Waals surface area contributed by atoms with Gasteiger partial charge in [-0.05, 0) is 27.2 Å². The molecule has 0 aromatic heterocycles. The van der Waals surface area contributed by atoms with E-state index in [9.17, 15) is 4.79 Å². The van der Waals surface area contributed by atoms with Crippen LogP contribution in [0.15, 0.2) is 0 Å². The van der Waals surface area contributed by atoms with E-state index >= 15 is 0 Å². The molecule has 2 heteroatoms. The average Bonchev–Trinajstić information content (AvgIpc) is 2.10. The van der Waals surface area contributed by atoms with Crippen molar-refractivity contribution in [3.63, 3.8) is 0 Å². The Kier molecular flexibility index (Phi) is 2.33.